The summed E-state index contributed by atoms with van der Waals surface area (Å²) in [6.45, 7) is 1.88. The molecule has 1 aliphatic heterocycles. The third-order valence-corrected chi connectivity index (χ3v) is 4.70. The number of amidine groups is 1. The number of hydrogen-bond acceptors (Lipinski definition) is 5. The Bertz CT molecular complexity index is 967. The highest BCUT2D eigenvalue weighted by Gasteiger charge is 2.36. The molecular formula is C20H16N2O4S. The molecule has 0 radical (unpaired) electrons. The quantitative estimate of drug-likeness (QED) is 0.603. The predicted octanol–water partition coefficient (Wildman–Crippen LogP) is 3.33. The lowest BCUT2D eigenvalue weighted by Gasteiger charge is -2.15. The third kappa shape index (κ3) is 4.15. The molecule has 1 heterocycles. The van der Waals surface area contributed by atoms with Gasteiger partial charge in [-0.15, -0.1) is 0 Å². The number of carbonyl (C=O) groups excluding carboxylic acids is 3. The van der Waals surface area contributed by atoms with E-state index in [2.05, 4.69) is 9.73 Å². The van der Waals surface area contributed by atoms with E-state index in [9.17, 15) is 14.4 Å². The van der Waals surface area contributed by atoms with Crippen LogP contribution in [0, 0.1) is 6.92 Å². The summed E-state index contributed by atoms with van der Waals surface area (Å²) in [5, 5.41) is 0.188. The molecule has 0 aliphatic carbocycles. The van der Waals surface area contributed by atoms with Crippen LogP contribution in [0.5, 0.6) is 0 Å². The monoisotopic (exact) mass is 380 g/mol. The number of methoxy groups -OCH3 is 1. The number of benzene rings is 2. The molecule has 3 rings (SSSR count). The van der Waals surface area contributed by atoms with Gasteiger partial charge < -0.3 is 4.74 Å². The van der Waals surface area contributed by atoms with Gasteiger partial charge in [-0.25, -0.2) is 4.79 Å². The Morgan fingerprint density at radius 3 is 2.52 bits per heavy atom. The molecule has 0 spiro atoms. The Kier molecular flexibility index (Phi) is 5.52. The molecule has 1 fully saturated rings. The maximum Gasteiger partial charge on any atom is 0.331 e. The molecule has 6 nitrogen and oxygen atoms in total. The van der Waals surface area contributed by atoms with Gasteiger partial charge >= 0.3 is 5.97 Å². The molecular weight excluding hydrogens is 364 g/mol. The molecule has 0 N–H and O–H groups in total. The molecule has 0 atom stereocenters. The standard InChI is InChI=1S/C20H16N2O4S/c1-13-7-6-8-14(11-13)18(24)21-20-22(15-9-4-3-5-10-15)19(25)16(27-20)12-17(23)26-2/h3-12H,1-2H3/b16-12+,21-20?. The van der Waals surface area contributed by atoms with E-state index in [1.54, 1.807) is 42.5 Å². The van der Waals surface area contributed by atoms with E-state index >= 15 is 0 Å². The van der Waals surface area contributed by atoms with Crippen LogP contribution in [0.3, 0.4) is 0 Å². The number of ether oxygens (including phenoxy) is 1. The third-order valence-electron chi connectivity index (χ3n) is 3.73. The number of esters is 1. The highest BCUT2D eigenvalue weighted by Crippen LogP contribution is 2.35. The number of aliphatic imine (C=N–C) groups is 1. The van der Waals surface area contributed by atoms with Gasteiger partial charge in [-0.1, -0.05) is 35.9 Å². The summed E-state index contributed by atoms with van der Waals surface area (Å²) in [5.41, 5.74) is 1.91. The fourth-order valence-electron chi connectivity index (χ4n) is 2.45. The van der Waals surface area contributed by atoms with Gasteiger partial charge in [0.2, 0.25) is 0 Å². The summed E-state index contributed by atoms with van der Waals surface area (Å²) >= 11 is 0.958. The molecule has 2 aromatic carbocycles. The number of amides is 2. The smallest absolute Gasteiger partial charge is 0.331 e. The van der Waals surface area contributed by atoms with Crippen LogP contribution < -0.4 is 4.90 Å². The van der Waals surface area contributed by atoms with E-state index < -0.39 is 17.8 Å². The Morgan fingerprint density at radius 2 is 1.85 bits per heavy atom. The minimum absolute atomic E-state index is 0.140. The van der Waals surface area contributed by atoms with E-state index in [1.807, 2.05) is 19.1 Å². The van der Waals surface area contributed by atoms with Gasteiger partial charge in [0.1, 0.15) is 0 Å². The van der Waals surface area contributed by atoms with Crippen LogP contribution in [0.2, 0.25) is 0 Å². The van der Waals surface area contributed by atoms with Gasteiger partial charge in [0.05, 0.1) is 17.7 Å². The maximum absolute atomic E-state index is 12.8. The van der Waals surface area contributed by atoms with Crippen LogP contribution in [0.4, 0.5) is 5.69 Å². The number of thioether (sulfide) groups is 1. The number of hydrogen-bond donors (Lipinski definition) is 0. The first kappa shape index (κ1) is 18.6. The van der Waals surface area contributed by atoms with Gasteiger partial charge in [-0.3, -0.25) is 14.5 Å². The van der Waals surface area contributed by atoms with Crippen LogP contribution >= 0.6 is 11.8 Å². The van der Waals surface area contributed by atoms with Crippen LogP contribution in [-0.2, 0) is 14.3 Å². The summed E-state index contributed by atoms with van der Waals surface area (Å²) in [5.74, 6) is -1.55. The number of para-hydroxylation sites is 1. The summed E-state index contributed by atoms with van der Waals surface area (Å²) < 4.78 is 4.59. The Labute approximate surface area is 160 Å². The van der Waals surface area contributed by atoms with Crippen molar-refractivity contribution in [2.75, 3.05) is 12.0 Å². The molecule has 2 amide bonds. The Balaban J connectivity index is 2.02. The topological polar surface area (TPSA) is 76.0 Å². The minimum atomic E-state index is -0.648. The van der Waals surface area contributed by atoms with Crippen molar-refractivity contribution in [2.45, 2.75) is 6.92 Å². The van der Waals surface area contributed by atoms with Crippen LogP contribution in [-0.4, -0.2) is 30.1 Å². The first-order chi connectivity index (χ1) is 13.0. The van der Waals surface area contributed by atoms with Crippen molar-refractivity contribution in [1.82, 2.24) is 0 Å². The minimum Gasteiger partial charge on any atom is -0.466 e. The second-order valence-electron chi connectivity index (χ2n) is 5.68. The van der Waals surface area contributed by atoms with Crippen molar-refractivity contribution in [3.63, 3.8) is 0 Å². The summed E-state index contributed by atoms with van der Waals surface area (Å²) in [4.78, 5) is 42.5. The van der Waals surface area contributed by atoms with Crippen molar-refractivity contribution in [3.8, 4) is 0 Å². The molecule has 1 aliphatic rings. The van der Waals surface area contributed by atoms with Crippen molar-refractivity contribution in [1.29, 1.82) is 0 Å². The number of carbonyl (C=O) groups is 3. The number of nitrogens with zero attached hydrogens (tertiary/aromatic N) is 2. The Morgan fingerprint density at radius 1 is 1.11 bits per heavy atom. The Hall–Kier alpha value is -3.19. The lowest BCUT2D eigenvalue weighted by Crippen LogP contribution is -2.29. The maximum atomic E-state index is 12.8. The van der Waals surface area contributed by atoms with Gasteiger partial charge in [0.15, 0.2) is 5.17 Å². The lowest BCUT2D eigenvalue weighted by molar-refractivity contribution is -0.135. The molecule has 0 aromatic heterocycles. The zero-order chi connectivity index (χ0) is 19.4. The summed E-state index contributed by atoms with van der Waals surface area (Å²) in [6, 6.07) is 15.9. The molecule has 0 bridgehead atoms. The fraction of sp³-hybridized carbons (Fsp3) is 0.100. The fourth-order valence-corrected chi connectivity index (χ4v) is 3.39. The molecule has 136 valence electrons. The number of aryl methyl sites for hydroxylation is 1. The van der Waals surface area contributed by atoms with E-state index in [1.165, 1.54) is 12.0 Å². The first-order valence-electron chi connectivity index (χ1n) is 8.06. The molecule has 0 saturated carbocycles. The summed E-state index contributed by atoms with van der Waals surface area (Å²) in [7, 11) is 1.23. The zero-order valence-corrected chi connectivity index (χ0v) is 15.5. The van der Waals surface area contributed by atoms with Gasteiger partial charge in [0, 0.05) is 11.6 Å². The van der Waals surface area contributed by atoms with Crippen LogP contribution in [0.1, 0.15) is 15.9 Å². The SMILES string of the molecule is COC(=O)/C=C1/SC(=NC(=O)c2cccc(C)c2)N(c2ccccc2)C1=O. The molecule has 1 saturated heterocycles. The van der Waals surface area contributed by atoms with E-state index in [-0.39, 0.29) is 10.1 Å². The molecule has 2 aromatic rings. The number of rotatable bonds is 3. The number of anilines is 1. The van der Waals surface area contributed by atoms with E-state index in [0.29, 0.717) is 11.3 Å². The zero-order valence-electron chi connectivity index (χ0n) is 14.7. The predicted molar refractivity (Wildman–Crippen MR) is 105 cm³/mol. The average Bonchev–Trinajstić information content (AvgIpc) is 2.97. The highest BCUT2D eigenvalue weighted by atomic mass is 32.2. The summed E-state index contributed by atoms with van der Waals surface area (Å²) in [6.07, 6.45) is 1.10. The van der Waals surface area contributed by atoms with Gasteiger partial charge in [-0.05, 0) is 43.0 Å². The van der Waals surface area contributed by atoms with Crippen LogP contribution in [0.15, 0.2) is 70.6 Å². The second-order valence-corrected chi connectivity index (χ2v) is 6.69. The molecule has 27 heavy (non-hydrogen) atoms. The molecule has 0 unspecified atom stereocenters. The average molecular weight is 380 g/mol. The molecule has 7 heteroatoms. The second kappa shape index (κ2) is 8.01. The van der Waals surface area contributed by atoms with Crippen molar-refractivity contribution >= 4 is 40.4 Å². The highest BCUT2D eigenvalue weighted by molar-refractivity contribution is 8.19. The van der Waals surface area contributed by atoms with Gasteiger partial charge in [0.25, 0.3) is 11.8 Å². The largest absolute Gasteiger partial charge is 0.466 e. The first-order valence-corrected chi connectivity index (χ1v) is 8.88. The lowest BCUT2D eigenvalue weighted by atomic mass is 10.1. The van der Waals surface area contributed by atoms with E-state index in [4.69, 9.17) is 0 Å². The normalized spacial score (nSPS) is 16.8. The van der Waals surface area contributed by atoms with Crippen molar-refractivity contribution in [3.05, 3.63) is 76.7 Å². The van der Waals surface area contributed by atoms with E-state index in [0.717, 1.165) is 23.4 Å². The van der Waals surface area contributed by atoms with Gasteiger partial charge in [-0.2, -0.15) is 4.99 Å². The van der Waals surface area contributed by atoms with Crippen molar-refractivity contribution < 1.29 is 19.1 Å². The van der Waals surface area contributed by atoms with Crippen LogP contribution in [0.25, 0.3) is 0 Å². The van der Waals surface area contributed by atoms with Crippen molar-refractivity contribution in [2.24, 2.45) is 4.99 Å².